The van der Waals surface area contributed by atoms with Crippen molar-refractivity contribution in [3.8, 4) is 22.8 Å². The molecule has 0 saturated heterocycles. The number of nitrogens with zero attached hydrogens (tertiary/aromatic N) is 3. The smallest absolute Gasteiger partial charge is 0.306 e. The summed E-state index contributed by atoms with van der Waals surface area (Å²) in [6, 6.07) is 9.88. The SMILES string of the molecule is CCOC(=O)CC1CCc2c1[nH]c1ccc(-c3noc(-c4cc(C)nc(Br)c4)n3)cc21. The van der Waals surface area contributed by atoms with E-state index in [-0.39, 0.29) is 11.9 Å². The van der Waals surface area contributed by atoms with Gasteiger partial charge in [0.2, 0.25) is 5.82 Å². The summed E-state index contributed by atoms with van der Waals surface area (Å²) in [6.07, 6.45) is 2.29. The molecule has 0 amide bonds. The molecule has 1 aliphatic carbocycles. The quantitative estimate of drug-likeness (QED) is 0.306. The largest absolute Gasteiger partial charge is 0.466 e. The van der Waals surface area contributed by atoms with Crippen molar-refractivity contribution in [3.63, 3.8) is 0 Å². The van der Waals surface area contributed by atoms with Crippen molar-refractivity contribution in [2.24, 2.45) is 0 Å². The molecule has 8 heteroatoms. The molecule has 1 aliphatic rings. The molecule has 0 saturated carbocycles. The molecule has 5 rings (SSSR count). The number of hydrogen-bond donors (Lipinski definition) is 1. The standard InChI is InChI=1S/C23H21BrN4O3/c1-3-30-20(29)11-13-4-6-16-17-9-14(5-7-18(17)26-21(13)16)22-27-23(31-28-22)15-8-12(2)25-19(24)10-15/h5,7-10,13,26H,3-4,6,11H2,1-2H3. The molecule has 0 aliphatic heterocycles. The highest BCUT2D eigenvalue weighted by Gasteiger charge is 2.29. The number of carbonyl (C=O) groups excluding carboxylic acids is 1. The number of aryl methyl sites for hydroxylation is 2. The summed E-state index contributed by atoms with van der Waals surface area (Å²) in [5, 5.41) is 5.33. The lowest BCUT2D eigenvalue weighted by atomic mass is 10.0. The van der Waals surface area contributed by atoms with Gasteiger partial charge in [-0.25, -0.2) is 4.98 Å². The van der Waals surface area contributed by atoms with Gasteiger partial charge in [-0.1, -0.05) is 5.16 Å². The molecular weight excluding hydrogens is 460 g/mol. The highest BCUT2D eigenvalue weighted by Crippen LogP contribution is 2.40. The van der Waals surface area contributed by atoms with Crippen LogP contribution in [0.3, 0.4) is 0 Å². The van der Waals surface area contributed by atoms with Gasteiger partial charge >= 0.3 is 5.97 Å². The summed E-state index contributed by atoms with van der Waals surface area (Å²) in [4.78, 5) is 24.4. The Balaban J connectivity index is 1.46. The number of rotatable bonds is 5. The van der Waals surface area contributed by atoms with Crippen LogP contribution >= 0.6 is 15.9 Å². The minimum absolute atomic E-state index is 0.142. The predicted molar refractivity (Wildman–Crippen MR) is 120 cm³/mol. The maximum atomic E-state index is 12.0. The number of aromatic amines is 1. The topological polar surface area (TPSA) is 93.9 Å². The van der Waals surface area contributed by atoms with Crippen LogP contribution in [0.15, 0.2) is 39.5 Å². The van der Waals surface area contributed by atoms with E-state index in [1.165, 1.54) is 5.56 Å². The Morgan fingerprint density at radius 2 is 2.13 bits per heavy atom. The Hall–Kier alpha value is -3.00. The van der Waals surface area contributed by atoms with Crippen LogP contribution in [0, 0.1) is 6.92 Å². The number of fused-ring (bicyclic) bond motifs is 3. The molecule has 1 N–H and O–H groups in total. The first-order chi connectivity index (χ1) is 15.0. The van der Waals surface area contributed by atoms with Crippen LogP contribution < -0.4 is 0 Å². The average molecular weight is 481 g/mol. The van der Waals surface area contributed by atoms with Crippen LogP contribution in [0.5, 0.6) is 0 Å². The van der Waals surface area contributed by atoms with Crippen molar-refractivity contribution in [3.05, 3.63) is 51.9 Å². The minimum Gasteiger partial charge on any atom is -0.466 e. The molecule has 3 aromatic heterocycles. The molecule has 0 spiro atoms. The van der Waals surface area contributed by atoms with Crippen molar-refractivity contribution < 1.29 is 14.1 Å². The Labute approximate surface area is 187 Å². The van der Waals surface area contributed by atoms with Gasteiger partial charge in [0.05, 0.1) is 13.0 Å². The number of H-pyrrole nitrogens is 1. The van der Waals surface area contributed by atoms with Gasteiger partial charge in [0, 0.05) is 39.3 Å². The van der Waals surface area contributed by atoms with Gasteiger partial charge < -0.3 is 14.2 Å². The molecular formula is C23H21BrN4O3. The van der Waals surface area contributed by atoms with E-state index in [0.717, 1.165) is 50.9 Å². The van der Waals surface area contributed by atoms with E-state index in [9.17, 15) is 4.79 Å². The summed E-state index contributed by atoms with van der Waals surface area (Å²) < 4.78 is 11.4. The summed E-state index contributed by atoms with van der Waals surface area (Å²) >= 11 is 3.41. The maximum Gasteiger partial charge on any atom is 0.306 e. The van der Waals surface area contributed by atoms with E-state index >= 15 is 0 Å². The predicted octanol–water partition coefficient (Wildman–Crippen LogP) is 5.33. The van der Waals surface area contributed by atoms with E-state index in [0.29, 0.717) is 24.7 Å². The van der Waals surface area contributed by atoms with Crippen LogP contribution in [0.1, 0.15) is 42.6 Å². The van der Waals surface area contributed by atoms with E-state index in [2.05, 4.69) is 42.1 Å². The number of halogens is 1. The molecule has 0 fully saturated rings. The van der Waals surface area contributed by atoms with E-state index < -0.39 is 0 Å². The number of carbonyl (C=O) groups is 1. The first kappa shape index (κ1) is 19.9. The van der Waals surface area contributed by atoms with Gasteiger partial charge in [0.1, 0.15) is 4.60 Å². The van der Waals surface area contributed by atoms with Crippen LogP contribution in [0.25, 0.3) is 33.7 Å². The van der Waals surface area contributed by atoms with Crippen molar-refractivity contribution >= 4 is 32.8 Å². The van der Waals surface area contributed by atoms with E-state index in [1.807, 2.05) is 38.1 Å². The Kier molecular flexibility index (Phi) is 5.09. The summed E-state index contributed by atoms with van der Waals surface area (Å²) in [5.41, 5.74) is 6.05. The molecule has 0 bridgehead atoms. The zero-order valence-electron chi connectivity index (χ0n) is 17.2. The normalized spacial score (nSPS) is 15.4. The van der Waals surface area contributed by atoms with E-state index in [4.69, 9.17) is 9.26 Å². The van der Waals surface area contributed by atoms with Crippen molar-refractivity contribution in [1.29, 1.82) is 0 Å². The first-order valence-electron chi connectivity index (χ1n) is 10.3. The average Bonchev–Trinajstić information content (AvgIpc) is 3.43. The molecule has 158 valence electrons. The second-order valence-corrected chi connectivity index (χ2v) is 8.58. The number of aromatic nitrogens is 4. The minimum atomic E-state index is -0.142. The Morgan fingerprint density at radius 3 is 2.94 bits per heavy atom. The van der Waals surface area contributed by atoms with Gasteiger partial charge in [-0.05, 0) is 78.5 Å². The zero-order valence-corrected chi connectivity index (χ0v) is 18.8. The fraction of sp³-hybridized carbons (Fsp3) is 0.304. The summed E-state index contributed by atoms with van der Waals surface area (Å²) in [7, 11) is 0. The highest BCUT2D eigenvalue weighted by atomic mass is 79.9. The molecule has 1 aromatic carbocycles. The molecule has 7 nitrogen and oxygen atoms in total. The van der Waals surface area contributed by atoms with Gasteiger partial charge in [-0.2, -0.15) is 4.98 Å². The molecule has 1 unspecified atom stereocenters. The highest BCUT2D eigenvalue weighted by molar-refractivity contribution is 9.10. The molecule has 0 radical (unpaired) electrons. The second kappa shape index (κ2) is 7.92. The number of nitrogens with one attached hydrogen (secondary N) is 1. The molecule has 3 heterocycles. The molecule has 1 atom stereocenters. The maximum absolute atomic E-state index is 12.0. The summed E-state index contributed by atoms with van der Waals surface area (Å²) in [5.74, 6) is 1.03. The third kappa shape index (κ3) is 3.76. The van der Waals surface area contributed by atoms with Gasteiger partial charge in [0.25, 0.3) is 5.89 Å². The van der Waals surface area contributed by atoms with Gasteiger partial charge in [-0.3, -0.25) is 4.79 Å². The van der Waals surface area contributed by atoms with Crippen LogP contribution in [0.4, 0.5) is 0 Å². The third-order valence-electron chi connectivity index (χ3n) is 5.66. The fourth-order valence-electron chi connectivity index (χ4n) is 4.32. The number of benzene rings is 1. The Morgan fingerprint density at radius 1 is 1.26 bits per heavy atom. The fourth-order valence-corrected chi connectivity index (χ4v) is 4.85. The van der Waals surface area contributed by atoms with E-state index in [1.54, 1.807) is 0 Å². The number of esters is 1. The zero-order chi connectivity index (χ0) is 21.5. The lowest BCUT2D eigenvalue weighted by molar-refractivity contribution is -0.143. The van der Waals surface area contributed by atoms with Gasteiger partial charge in [-0.15, -0.1) is 0 Å². The Bertz CT molecular complexity index is 1270. The monoisotopic (exact) mass is 480 g/mol. The van der Waals surface area contributed by atoms with Crippen LogP contribution in [-0.2, 0) is 16.0 Å². The lowest BCUT2D eigenvalue weighted by Gasteiger charge is -2.08. The molecule has 4 aromatic rings. The second-order valence-electron chi connectivity index (χ2n) is 7.77. The first-order valence-corrected chi connectivity index (χ1v) is 11.1. The number of pyridine rings is 1. The van der Waals surface area contributed by atoms with Crippen molar-refractivity contribution in [1.82, 2.24) is 20.1 Å². The third-order valence-corrected chi connectivity index (χ3v) is 6.07. The van der Waals surface area contributed by atoms with Crippen molar-refractivity contribution in [2.45, 2.75) is 39.0 Å². The van der Waals surface area contributed by atoms with Crippen molar-refractivity contribution in [2.75, 3.05) is 6.61 Å². The summed E-state index contributed by atoms with van der Waals surface area (Å²) in [6.45, 7) is 4.17. The lowest BCUT2D eigenvalue weighted by Crippen LogP contribution is -2.08. The number of hydrogen-bond acceptors (Lipinski definition) is 6. The van der Waals surface area contributed by atoms with Crippen LogP contribution in [0.2, 0.25) is 0 Å². The molecule has 31 heavy (non-hydrogen) atoms. The van der Waals surface area contributed by atoms with Gasteiger partial charge in [0.15, 0.2) is 0 Å². The number of ether oxygens (including phenoxy) is 1. The van der Waals surface area contributed by atoms with Crippen LogP contribution in [-0.4, -0.2) is 32.7 Å².